The zero-order valence-electron chi connectivity index (χ0n) is 12.8. The summed E-state index contributed by atoms with van der Waals surface area (Å²) in [6.45, 7) is 5.40. The zero-order chi connectivity index (χ0) is 14.9. The first-order chi connectivity index (χ1) is 10.3. The van der Waals surface area contributed by atoms with Crippen molar-refractivity contribution in [1.82, 2.24) is 15.2 Å². The van der Waals surface area contributed by atoms with Gasteiger partial charge in [0.1, 0.15) is 5.82 Å². The Kier molecular flexibility index (Phi) is 6.47. The third-order valence-electron chi connectivity index (χ3n) is 3.96. The predicted molar refractivity (Wildman–Crippen MR) is 85.2 cm³/mol. The van der Waals surface area contributed by atoms with Gasteiger partial charge in [0.2, 0.25) is 5.91 Å². The Labute approximate surface area is 127 Å². The lowest BCUT2D eigenvalue weighted by molar-refractivity contribution is -0.125. The quantitative estimate of drug-likeness (QED) is 0.785. The zero-order valence-corrected chi connectivity index (χ0v) is 12.8. The normalized spacial score (nSPS) is 17.8. The summed E-state index contributed by atoms with van der Waals surface area (Å²) in [5.74, 6) is 0.965. The van der Waals surface area contributed by atoms with Crippen LogP contribution in [-0.4, -0.2) is 48.0 Å². The summed E-state index contributed by atoms with van der Waals surface area (Å²) in [5, 5.41) is 6.19. The Bertz CT molecular complexity index is 416. The van der Waals surface area contributed by atoms with Gasteiger partial charge in [-0.2, -0.15) is 0 Å². The van der Waals surface area contributed by atoms with E-state index < -0.39 is 0 Å². The number of aromatic nitrogens is 1. The van der Waals surface area contributed by atoms with E-state index in [4.69, 9.17) is 0 Å². The summed E-state index contributed by atoms with van der Waals surface area (Å²) >= 11 is 0. The number of rotatable bonds is 6. The lowest BCUT2D eigenvalue weighted by atomic mass is 10.2. The molecule has 1 aliphatic rings. The van der Waals surface area contributed by atoms with Crippen molar-refractivity contribution in [2.75, 3.05) is 31.5 Å². The smallest absolute Gasteiger partial charge is 0.237 e. The molecule has 0 bridgehead atoms. The van der Waals surface area contributed by atoms with Crippen LogP contribution in [0.1, 0.15) is 32.6 Å². The van der Waals surface area contributed by atoms with Gasteiger partial charge in [0.25, 0.3) is 0 Å². The number of hydrogen-bond acceptors (Lipinski definition) is 4. The molecule has 0 aromatic carbocycles. The summed E-state index contributed by atoms with van der Waals surface area (Å²) in [5.41, 5.74) is 0. The number of amides is 1. The van der Waals surface area contributed by atoms with Gasteiger partial charge in [-0.05, 0) is 45.0 Å². The van der Waals surface area contributed by atoms with E-state index >= 15 is 0 Å². The van der Waals surface area contributed by atoms with E-state index in [1.165, 1.54) is 25.7 Å². The van der Waals surface area contributed by atoms with E-state index in [2.05, 4.69) is 20.5 Å². The topological polar surface area (TPSA) is 57.3 Å². The van der Waals surface area contributed by atoms with Crippen molar-refractivity contribution in [1.29, 1.82) is 0 Å². The predicted octanol–water partition coefficient (Wildman–Crippen LogP) is 1.87. The van der Waals surface area contributed by atoms with E-state index in [9.17, 15) is 4.79 Å². The highest BCUT2D eigenvalue weighted by Gasteiger charge is 2.21. The molecule has 1 aromatic heterocycles. The largest absolute Gasteiger partial charge is 0.368 e. The molecule has 0 saturated carbocycles. The van der Waals surface area contributed by atoms with Crippen molar-refractivity contribution in [3.05, 3.63) is 24.4 Å². The molecule has 116 valence electrons. The first-order valence-electron chi connectivity index (χ1n) is 7.94. The van der Waals surface area contributed by atoms with E-state index in [0.29, 0.717) is 13.1 Å². The second kappa shape index (κ2) is 8.62. The van der Waals surface area contributed by atoms with Crippen molar-refractivity contribution in [2.45, 2.75) is 38.6 Å². The van der Waals surface area contributed by atoms with Gasteiger partial charge in [-0.25, -0.2) is 4.98 Å². The lowest BCUT2D eigenvalue weighted by Crippen LogP contribution is -2.46. The minimum Gasteiger partial charge on any atom is -0.368 e. The average Bonchev–Trinajstić information content (AvgIpc) is 2.81. The van der Waals surface area contributed by atoms with Gasteiger partial charge in [0, 0.05) is 19.3 Å². The fourth-order valence-corrected chi connectivity index (χ4v) is 2.64. The first kappa shape index (κ1) is 15.8. The number of carbonyl (C=O) groups is 1. The number of nitrogens with zero attached hydrogens (tertiary/aromatic N) is 2. The number of hydrogen-bond donors (Lipinski definition) is 2. The van der Waals surface area contributed by atoms with Crippen LogP contribution >= 0.6 is 0 Å². The fraction of sp³-hybridized carbons (Fsp3) is 0.625. The highest BCUT2D eigenvalue weighted by molar-refractivity contribution is 5.81. The Hall–Kier alpha value is -1.62. The minimum absolute atomic E-state index is 0.0297. The van der Waals surface area contributed by atoms with E-state index in [0.717, 1.165) is 18.9 Å². The number of likely N-dealkylation sites (tertiary alicyclic amines) is 1. The van der Waals surface area contributed by atoms with Crippen LogP contribution < -0.4 is 10.6 Å². The maximum atomic E-state index is 12.2. The molecule has 1 atom stereocenters. The monoisotopic (exact) mass is 290 g/mol. The standard InChI is InChI=1S/C16H26N4O/c1-14(20-12-6-2-3-7-13-20)16(21)19-11-10-18-15-8-4-5-9-17-15/h4-5,8-9,14H,2-3,6-7,10-13H2,1H3,(H,17,18)(H,19,21)/t14-/m1/s1. The third-order valence-corrected chi connectivity index (χ3v) is 3.96. The number of carbonyl (C=O) groups excluding carboxylic acids is 1. The molecular formula is C16H26N4O. The van der Waals surface area contributed by atoms with Crippen LogP contribution in [0.25, 0.3) is 0 Å². The van der Waals surface area contributed by atoms with Crippen LogP contribution in [0.2, 0.25) is 0 Å². The van der Waals surface area contributed by atoms with Crippen molar-refractivity contribution in [2.24, 2.45) is 0 Å². The molecule has 0 radical (unpaired) electrons. The Morgan fingerprint density at radius 2 is 2.00 bits per heavy atom. The Balaban J connectivity index is 1.66. The van der Waals surface area contributed by atoms with Crippen LogP contribution in [0.4, 0.5) is 5.82 Å². The van der Waals surface area contributed by atoms with Crippen LogP contribution in [0.15, 0.2) is 24.4 Å². The molecule has 0 unspecified atom stereocenters. The summed E-state index contributed by atoms with van der Waals surface area (Å²) in [6.07, 6.45) is 6.75. The van der Waals surface area contributed by atoms with Gasteiger partial charge < -0.3 is 10.6 Å². The van der Waals surface area contributed by atoms with E-state index in [-0.39, 0.29) is 11.9 Å². The van der Waals surface area contributed by atoms with Gasteiger partial charge in [-0.1, -0.05) is 18.9 Å². The molecule has 0 spiro atoms. The number of anilines is 1. The average molecular weight is 290 g/mol. The summed E-state index contributed by atoms with van der Waals surface area (Å²) in [6, 6.07) is 5.71. The Morgan fingerprint density at radius 3 is 2.67 bits per heavy atom. The maximum absolute atomic E-state index is 12.2. The molecular weight excluding hydrogens is 264 g/mol. The molecule has 2 heterocycles. The second-order valence-corrected chi connectivity index (χ2v) is 5.56. The van der Waals surface area contributed by atoms with Gasteiger partial charge in [-0.15, -0.1) is 0 Å². The molecule has 0 aliphatic carbocycles. The Morgan fingerprint density at radius 1 is 1.24 bits per heavy atom. The highest BCUT2D eigenvalue weighted by Crippen LogP contribution is 2.12. The van der Waals surface area contributed by atoms with Gasteiger partial charge in [0.05, 0.1) is 6.04 Å². The molecule has 1 amide bonds. The van der Waals surface area contributed by atoms with Crippen molar-refractivity contribution in [3.63, 3.8) is 0 Å². The third kappa shape index (κ3) is 5.34. The van der Waals surface area contributed by atoms with Crippen molar-refractivity contribution >= 4 is 11.7 Å². The summed E-state index contributed by atoms with van der Waals surface area (Å²) in [4.78, 5) is 18.7. The molecule has 1 fully saturated rings. The first-order valence-corrected chi connectivity index (χ1v) is 7.94. The van der Waals surface area contributed by atoms with Crippen LogP contribution in [0.5, 0.6) is 0 Å². The second-order valence-electron chi connectivity index (χ2n) is 5.56. The van der Waals surface area contributed by atoms with Crippen LogP contribution in [0.3, 0.4) is 0 Å². The van der Waals surface area contributed by atoms with Crippen LogP contribution in [0, 0.1) is 0 Å². The number of pyridine rings is 1. The molecule has 1 saturated heterocycles. The minimum atomic E-state index is -0.0297. The van der Waals surface area contributed by atoms with Gasteiger partial charge >= 0.3 is 0 Å². The molecule has 21 heavy (non-hydrogen) atoms. The molecule has 5 heteroatoms. The summed E-state index contributed by atoms with van der Waals surface area (Å²) < 4.78 is 0. The number of nitrogens with one attached hydrogen (secondary N) is 2. The van der Waals surface area contributed by atoms with E-state index in [1.807, 2.05) is 25.1 Å². The fourth-order valence-electron chi connectivity index (χ4n) is 2.64. The molecule has 5 nitrogen and oxygen atoms in total. The van der Waals surface area contributed by atoms with Crippen molar-refractivity contribution < 1.29 is 4.79 Å². The lowest BCUT2D eigenvalue weighted by Gasteiger charge is -2.26. The molecule has 2 rings (SSSR count). The molecule has 1 aromatic rings. The van der Waals surface area contributed by atoms with Gasteiger partial charge in [-0.3, -0.25) is 9.69 Å². The van der Waals surface area contributed by atoms with Crippen molar-refractivity contribution in [3.8, 4) is 0 Å². The maximum Gasteiger partial charge on any atom is 0.237 e. The van der Waals surface area contributed by atoms with Crippen LogP contribution in [-0.2, 0) is 4.79 Å². The van der Waals surface area contributed by atoms with Gasteiger partial charge in [0.15, 0.2) is 0 Å². The highest BCUT2D eigenvalue weighted by atomic mass is 16.2. The summed E-state index contributed by atoms with van der Waals surface area (Å²) in [7, 11) is 0. The van der Waals surface area contributed by atoms with E-state index in [1.54, 1.807) is 6.20 Å². The molecule has 2 N–H and O–H groups in total. The molecule has 1 aliphatic heterocycles. The SMILES string of the molecule is C[C@H](C(=O)NCCNc1ccccn1)N1CCCCCC1.